The zero-order chi connectivity index (χ0) is 26.5. The van der Waals surface area contributed by atoms with Crippen molar-refractivity contribution in [1.29, 1.82) is 5.26 Å². The molecule has 0 fully saturated rings. The van der Waals surface area contributed by atoms with E-state index in [9.17, 15) is 24.9 Å². The predicted octanol–water partition coefficient (Wildman–Crippen LogP) is 2.75. The normalized spacial score (nSPS) is 11.8. The summed E-state index contributed by atoms with van der Waals surface area (Å²) < 4.78 is 5.24. The lowest BCUT2D eigenvalue weighted by atomic mass is 9.76. The highest BCUT2D eigenvalue weighted by atomic mass is 16.5. The van der Waals surface area contributed by atoms with Crippen molar-refractivity contribution in [3.05, 3.63) is 82.4 Å². The van der Waals surface area contributed by atoms with Gasteiger partial charge in [-0.25, -0.2) is 4.79 Å². The second-order valence-electron chi connectivity index (χ2n) is 8.47. The van der Waals surface area contributed by atoms with E-state index in [0.717, 1.165) is 22.3 Å². The number of nitrogens with one attached hydrogen (secondary N) is 1. The number of hydrogen-bond acceptors (Lipinski definition) is 6. The zero-order valence-electron chi connectivity index (χ0n) is 21.1. The third kappa shape index (κ3) is 9.21. The van der Waals surface area contributed by atoms with Gasteiger partial charge in [-0.2, -0.15) is 5.26 Å². The van der Waals surface area contributed by atoms with Gasteiger partial charge in [0.1, 0.15) is 11.6 Å². The van der Waals surface area contributed by atoms with E-state index in [0.29, 0.717) is 25.9 Å². The maximum absolute atomic E-state index is 12.4. The van der Waals surface area contributed by atoms with E-state index in [1.165, 1.54) is 0 Å². The molecular weight excluding hydrogens is 457 g/mol. The third-order valence-corrected chi connectivity index (χ3v) is 5.80. The smallest absolute Gasteiger partial charge is 0.449 e. The molecule has 0 aliphatic rings. The van der Waals surface area contributed by atoms with Gasteiger partial charge >= 0.3 is 13.2 Å². The average Bonchev–Trinajstić information content (AvgIpc) is 2.86. The molecule has 3 N–H and O–H groups in total. The van der Waals surface area contributed by atoms with Crippen molar-refractivity contribution in [2.45, 2.75) is 46.0 Å². The Hall–Kier alpha value is -3.61. The number of hydrogen-bond donors (Lipinski definition) is 3. The molecule has 0 radical (unpaired) electrons. The molecule has 0 aliphatic carbocycles. The Morgan fingerprint density at radius 2 is 1.78 bits per heavy atom. The summed E-state index contributed by atoms with van der Waals surface area (Å²) in [4.78, 5) is 26.2. The summed E-state index contributed by atoms with van der Waals surface area (Å²) in [5.74, 6) is -1.17. The van der Waals surface area contributed by atoms with Crippen LogP contribution in [0.25, 0.3) is 0 Å². The van der Waals surface area contributed by atoms with Gasteiger partial charge in [-0.15, -0.1) is 0 Å². The number of ether oxygens (including phenoxy) is 1. The second-order valence-corrected chi connectivity index (χ2v) is 8.47. The summed E-state index contributed by atoms with van der Waals surface area (Å²) in [7, 11) is -1.73. The van der Waals surface area contributed by atoms with E-state index < -0.39 is 19.2 Å². The number of allylic oxidation sites excluding steroid dienone is 1. The van der Waals surface area contributed by atoms with E-state index in [-0.39, 0.29) is 24.5 Å². The summed E-state index contributed by atoms with van der Waals surface area (Å²) in [6, 6.07) is 17.2. The van der Waals surface area contributed by atoms with Crippen molar-refractivity contribution < 1.29 is 24.4 Å². The molecule has 0 bridgehead atoms. The Kier molecular flexibility index (Phi) is 11.7. The summed E-state index contributed by atoms with van der Waals surface area (Å²) in [5.41, 5.74) is 3.93. The third-order valence-electron chi connectivity index (χ3n) is 5.80. The first-order valence-corrected chi connectivity index (χ1v) is 12.1. The number of carbonyl (C=O) groups excluding carboxylic acids is 2. The minimum absolute atomic E-state index is 0.105. The first-order valence-electron chi connectivity index (χ1n) is 12.1. The van der Waals surface area contributed by atoms with E-state index in [1.807, 2.05) is 75.4 Å². The number of nitrogens with zero attached hydrogens (tertiary/aromatic N) is 2. The van der Waals surface area contributed by atoms with Gasteiger partial charge in [-0.1, -0.05) is 60.2 Å². The number of likely N-dealkylation sites (N-methyl/N-ethyl adjacent to an activating group) is 1. The average molecular weight is 491 g/mol. The van der Waals surface area contributed by atoms with Crippen molar-refractivity contribution in [1.82, 2.24) is 10.2 Å². The molecular formula is C27H34BN3O5. The molecule has 2 rings (SSSR count). The maximum Gasteiger partial charge on any atom is 0.475 e. The first kappa shape index (κ1) is 28.6. The van der Waals surface area contributed by atoms with Crippen LogP contribution in [0.1, 0.15) is 36.1 Å². The largest absolute Gasteiger partial charge is 0.475 e. The van der Waals surface area contributed by atoms with Crippen molar-refractivity contribution in [3.63, 3.8) is 0 Å². The monoisotopic (exact) mass is 491 g/mol. The lowest BCUT2D eigenvalue weighted by molar-refractivity contribution is -0.126. The van der Waals surface area contributed by atoms with Crippen LogP contribution < -0.4 is 5.32 Å². The molecule has 8 nitrogen and oxygen atoms in total. The fourth-order valence-corrected chi connectivity index (χ4v) is 3.66. The van der Waals surface area contributed by atoms with Gasteiger partial charge in [0.05, 0.1) is 12.5 Å². The van der Waals surface area contributed by atoms with Crippen molar-refractivity contribution in [3.8, 4) is 6.07 Å². The van der Waals surface area contributed by atoms with Gasteiger partial charge in [0.15, 0.2) is 0 Å². The van der Waals surface area contributed by atoms with Crippen molar-refractivity contribution in [2.24, 2.45) is 0 Å². The molecule has 0 spiro atoms. The van der Waals surface area contributed by atoms with Gasteiger partial charge < -0.3 is 25.0 Å². The van der Waals surface area contributed by atoms with Gasteiger partial charge in [-0.3, -0.25) is 4.79 Å². The number of alkyl carbamates (subject to hydrolysis) is 1. The van der Waals surface area contributed by atoms with Crippen LogP contribution in [0.4, 0.5) is 4.79 Å². The van der Waals surface area contributed by atoms with E-state index >= 15 is 0 Å². The minimum Gasteiger partial charge on any atom is -0.449 e. The van der Waals surface area contributed by atoms with Crippen LogP contribution in [0, 0.1) is 18.3 Å². The molecule has 0 aromatic heterocycles. The van der Waals surface area contributed by atoms with Crippen LogP contribution in [0.5, 0.6) is 0 Å². The number of benzene rings is 2. The Labute approximate surface area is 213 Å². The molecule has 1 atom stereocenters. The maximum atomic E-state index is 12.4. The molecule has 2 aromatic rings. The number of aryl methyl sites for hydroxylation is 1. The molecule has 9 heteroatoms. The summed E-state index contributed by atoms with van der Waals surface area (Å²) in [6.45, 7) is 6.90. The molecule has 0 heterocycles. The molecule has 36 heavy (non-hydrogen) atoms. The standard InChI is InChI=1S/C27H34BN3O5/c1-4-31(5-2)26(32)24(19-29)14-13-21-7-6-8-22(17-21)15-16-36-27(33)30-25(28(34)35)18-23-11-9-20(3)10-12-23/h6-12,14,17,25,34-35H,4-5,13,15-16,18H2,1-3H3,(H,30,33)/b24-14-/t25-/m0/s1. The Balaban J connectivity index is 1.89. The van der Waals surface area contributed by atoms with E-state index in [1.54, 1.807) is 11.0 Å². The van der Waals surface area contributed by atoms with Crippen molar-refractivity contribution in [2.75, 3.05) is 19.7 Å². The fraction of sp³-hybridized carbons (Fsp3) is 0.370. The summed E-state index contributed by atoms with van der Waals surface area (Å²) in [6.07, 6.45) is 2.05. The number of nitriles is 1. The second kappa shape index (κ2) is 14.7. The van der Waals surface area contributed by atoms with Crippen molar-refractivity contribution >= 4 is 19.1 Å². The Bertz CT molecular complexity index is 1080. The van der Waals surface area contributed by atoms with E-state index in [4.69, 9.17) is 4.74 Å². The van der Waals surface area contributed by atoms with Crippen LogP contribution in [0.15, 0.2) is 60.2 Å². The molecule has 0 unspecified atom stereocenters. The predicted molar refractivity (Wildman–Crippen MR) is 139 cm³/mol. The molecule has 0 saturated carbocycles. The van der Waals surface area contributed by atoms with Crippen LogP contribution in [0.2, 0.25) is 0 Å². The van der Waals surface area contributed by atoms with Gasteiger partial charge in [0.2, 0.25) is 0 Å². The topological polar surface area (TPSA) is 123 Å². The highest BCUT2D eigenvalue weighted by Crippen LogP contribution is 2.11. The van der Waals surface area contributed by atoms with Crippen LogP contribution >= 0.6 is 0 Å². The highest BCUT2D eigenvalue weighted by molar-refractivity contribution is 6.43. The lowest BCUT2D eigenvalue weighted by Crippen LogP contribution is -2.48. The molecule has 0 saturated heterocycles. The minimum atomic E-state index is -1.73. The number of carbonyl (C=O) groups is 2. The van der Waals surface area contributed by atoms with E-state index in [2.05, 4.69) is 5.32 Å². The number of rotatable bonds is 12. The Morgan fingerprint density at radius 1 is 1.11 bits per heavy atom. The quantitative estimate of drug-likeness (QED) is 0.238. The fourth-order valence-electron chi connectivity index (χ4n) is 3.66. The molecule has 190 valence electrons. The van der Waals surface area contributed by atoms with Gasteiger partial charge in [0, 0.05) is 19.5 Å². The SMILES string of the molecule is CCN(CC)C(=O)/C(C#N)=C\Cc1cccc(CCOC(=O)N[C@@H](Cc2ccc(C)cc2)B(O)O)c1. The highest BCUT2D eigenvalue weighted by Gasteiger charge is 2.26. The van der Waals surface area contributed by atoms with Gasteiger partial charge in [-0.05, 0) is 50.3 Å². The first-order chi connectivity index (χ1) is 17.3. The molecule has 2 amide bonds. The van der Waals surface area contributed by atoms with Gasteiger partial charge in [0.25, 0.3) is 5.91 Å². The summed E-state index contributed by atoms with van der Waals surface area (Å²) >= 11 is 0. The lowest BCUT2D eigenvalue weighted by Gasteiger charge is -2.18. The van der Waals surface area contributed by atoms with Crippen LogP contribution in [0.3, 0.4) is 0 Å². The zero-order valence-corrected chi connectivity index (χ0v) is 21.1. The Morgan fingerprint density at radius 3 is 2.39 bits per heavy atom. The van der Waals surface area contributed by atoms with Crippen LogP contribution in [-0.2, 0) is 28.8 Å². The summed E-state index contributed by atoms with van der Waals surface area (Å²) in [5, 5.41) is 31.2. The number of amides is 2. The molecule has 2 aromatic carbocycles. The molecule has 0 aliphatic heterocycles. The van der Waals surface area contributed by atoms with Crippen LogP contribution in [-0.4, -0.2) is 59.7 Å².